The SMILES string of the molecule is CC(=O)Nc1ccccc1-c1cncc(-c2cnc3c(c2)CCCN3C(N)=O)c1. The second kappa shape index (κ2) is 7.71. The van der Waals surface area contributed by atoms with Gasteiger partial charge in [0, 0.05) is 60.0 Å². The lowest BCUT2D eigenvalue weighted by Gasteiger charge is -2.26. The predicted molar refractivity (Wildman–Crippen MR) is 112 cm³/mol. The van der Waals surface area contributed by atoms with Gasteiger partial charge in [-0.2, -0.15) is 0 Å². The minimum absolute atomic E-state index is 0.126. The van der Waals surface area contributed by atoms with E-state index in [2.05, 4.69) is 15.3 Å². The van der Waals surface area contributed by atoms with Gasteiger partial charge >= 0.3 is 6.03 Å². The molecular weight excluding hydrogens is 366 g/mol. The van der Waals surface area contributed by atoms with Crippen molar-refractivity contribution in [3.05, 3.63) is 60.6 Å². The van der Waals surface area contributed by atoms with Crippen LogP contribution in [0.5, 0.6) is 0 Å². The highest BCUT2D eigenvalue weighted by Crippen LogP contribution is 2.33. The lowest BCUT2D eigenvalue weighted by molar-refractivity contribution is -0.114. The summed E-state index contributed by atoms with van der Waals surface area (Å²) in [7, 11) is 0. The molecule has 1 aliphatic rings. The molecule has 0 bridgehead atoms. The Bertz CT molecular complexity index is 1100. The van der Waals surface area contributed by atoms with Crippen molar-refractivity contribution in [3.63, 3.8) is 0 Å². The highest BCUT2D eigenvalue weighted by Gasteiger charge is 2.22. The Hall–Kier alpha value is -3.74. The first-order valence-corrected chi connectivity index (χ1v) is 9.41. The molecule has 0 spiro atoms. The molecule has 3 N–H and O–H groups in total. The first kappa shape index (κ1) is 18.6. The van der Waals surface area contributed by atoms with E-state index in [4.69, 9.17) is 5.73 Å². The van der Waals surface area contributed by atoms with Crippen molar-refractivity contribution in [1.82, 2.24) is 9.97 Å². The number of primary amides is 1. The van der Waals surface area contributed by atoms with Gasteiger partial charge in [-0.25, -0.2) is 9.78 Å². The third kappa shape index (κ3) is 3.80. The van der Waals surface area contributed by atoms with E-state index in [0.29, 0.717) is 12.4 Å². The minimum Gasteiger partial charge on any atom is -0.351 e. The van der Waals surface area contributed by atoms with E-state index in [1.807, 2.05) is 36.4 Å². The van der Waals surface area contributed by atoms with Crippen molar-refractivity contribution >= 4 is 23.4 Å². The highest BCUT2D eigenvalue weighted by atomic mass is 16.2. The summed E-state index contributed by atoms with van der Waals surface area (Å²) < 4.78 is 0. The van der Waals surface area contributed by atoms with Gasteiger partial charge in [0.15, 0.2) is 0 Å². The van der Waals surface area contributed by atoms with Crippen LogP contribution in [0.25, 0.3) is 22.3 Å². The van der Waals surface area contributed by atoms with Gasteiger partial charge in [-0.05, 0) is 36.6 Å². The number of carbonyl (C=O) groups excluding carboxylic acids is 2. The zero-order valence-corrected chi connectivity index (χ0v) is 16.1. The Morgan fingerprint density at radius 1 is 1.07 bits per heavy atom. The molecule has 3 amide bonds. The molecule has 7 heteroatoms. The number of anilines is 2. The predicted octanol–water partition coefficient (Wildman–Crippen LogP) is 3.60. The molecule has 146 valence electrons. The summed E-state index contributed by atoms with van der Waals surface area (Å²) in [5.74, 6) is 0.507. The number of carbonyl (C=O) groups is 2. The molecule has 0 saturated heterocycles. The fourth-order valence-corrected chi connectivity index (χ4v) is 3.61. The molecule has 1 aromatic carbocycles. The van der Waals surface area contributed by atoms with Crippen LogP contribution in [-0.2, 0) is 11.2 Å². The summed E-state index contributed by atoms with van der Waals surface area (Å²) in [6.07, 6.45) is 6.98. The van der Waals surface area contributed by atoms with E-state index in [9.17, 15) is 9.59 Å². The topological polar surface area (TPSA) is 101 Å². The molecule has 1 aliphatic heterocycles. The van der Waals surface area contributed by atoms with Gasteiger partial charge in [0.25, 0.3) is 0 Å². The summed E-state index contributed by atoms with van der Waals surface area (Å²) in [5.41, 5.74) is 10.8. The van der Waals surface area contributed by atoms with Crippen molar-refractivity contribution in [3.8, 4) is 22.3 Å². The van der Waals surface area contributed by atoms with E-state index in [1.165, 1.54) is 11.8 Å². The van der Waals surface area contributed by atoms with Crippen LogP contribution in [0.1, 0.15) is 18.9 Å². The summed E-state index contributed by atoms with van der Waals surface area (Å²) >= 11 is 0. The largest absolute Gasteiger partial charge is 0.351 e. The summed E-state index contributed by atoms with van der Waals surface area (Å²) in [6, 6.07) is 11.2. The molecular formula is C22H21N5O2. The monoisotopic (exact) mass is 387 g/mol. The minimum atomic E-state index is -0.482. The number of rotatable bonds is 3. The van der Waals surface area contributed by atoms with Crippen LogP contribution in [0.3, 0.4) is 0 Å². The van der Waals surface area contributed by atoms with Crippen molar-refractivity contribution in [1.29, 1.82) is 0 Å². The van der Waals surface area contributed by atoms with Gasteiger partial charge < -0.3 is 11.1 Å². The number of nitrogens with zero attached hydrogens (tertiary/aromatic N) is 3. The number of hydrogen-bond acceptors (Lipinski definition) is 4. The van der Waals surface area contributed by atoms with Gasteiger partial charge in [-0.1, -0.05) is 18.2 Å². The summed E-state index contributed by atoms with van der Waals surface area (Å²) in [6.45, 7) is 2.07. The van der Waals surface area contributed by atoms with Crippen molar-refractivity contribution in [2.45, 2.75) is 19.8 Å². The van der Waals surface area contributed by atoms with E-state index in [1.54, 1.807) is 18.6 Å². The maximum atomic E-state index is 11.7. The fraction of sp³-hybridized carbons (Fsp3) is 0.182. The third-order valence-electron chi connectivity index (χ3n) is 4.91. The molecule has 0 saturated carbocycles. The van der Waals surface area contributed by atoms with Crippen LogP contribution in [-0.4, -0.2) is 28.5 Å². The van der Waals surface area contributed by atoms with Crippen LogP contribution in [0, 0.1) is 0 Å². The quantitative estimate of drug-likeness (QED) is 0.717. The fourth-order valence-electron chi connectivity index (χ4n) is 3.61. The average molecular weight is 387 g/mol. The van der Waals surface area contributed by atoms with Crippen LogP contribution in [0.2, 0.25) is 0 Å². The van der Waals surface area contributed by atoms with Gasteiger partial charge in [-0.15, -0.1) is 0 Å². The lowest BCUT2D eigenvalue weighted by Crippen LogP contribution is -2.40. The molecule has 0 radical (unpaired) electrons. The first-order valence-electron chi connectivity index (χ1n) is 9.41. The van der Waals surface area contributed by atoms with Crippen molar-refractivity contribution in [2.75, 3.05) is 16.8 Å². The normalized spacial score (nSPS) is 12.9. The smallest absolute Gasteiger partial charge is 0.320 e. The molecule has 2 aromatic heterocycles. The number of hydrogen-bond donors (Lipinski definition) is 2. The maximum absolute atomic E-state index is 11.7. The van der Waals surface area contributed by atoms with Gasteiger partial charge in [0.05, 0.1) is 0 Å². The van der Waals surface area contributed by atoms with Gasteiger partial charge in [0.1, 0.15) is 5.82 Å². The van der Waals surface area contributed by atoms with E-state index < -0.39 is 6.03 Å². The number of fused-ring (bicyclic) bond motifs is 1. The summed E-state index contributed by atoms with van der Waals surface area (Å²) in [4.78, 5) is 33.6. The Labute approximate surface area is 168 Å². The van der Waals surface area contributed by atoms with Gasteiger partial charge in [0.2, 0.25) is 5.91 Å². The number of benzene rings is 1. The molecule has 3 heterocycles. The standard InChI is InChI=1S/C22H21N5O2/c1-14(28)26-20-7-3-2-6-19(20)18-10-16(11-24-12-18)17-9-15-5-4-8-27(22(23)29)21(15)25-13-17/h2-3,6-7,9-13H,4-5,8H2,1H3,(H2,23,29)(H,26,28). The third-order valence-corrected chi connectivity index (χ3v) is 4.91. The Balaban J connectivity index is 1.72. The second-order valence-electron chi connectivity index (χ2n) is 6.99. The average Bonchev–Trinajstić information content (AvgIpc) is 2.73. The first-order chi connectivity index (χ1) is 14.0. The van der Waals surface area contributed by atoms with Crippen molar-refractivity contribution < 1.29 is 9.59 Å². The van der Waals surface area contributed by atoms with E-state index in [0.717, 1.165) is 46.3 Å². The zero-order chi connectivity index (χ0) is 20.4. The number of nitrogens with two attached hydrogens (primary N) is 1. The molecule has 29 heavy (non-hydrogen) atoms. The van der Waals surface area contributed by atoms with E-state index >= 15 is 0 Å². The van der Waals surface area contributed by atoms with Crippen LogP contribution < -0.4 is 16.0 Å². The molecule has 0 fully saturated rings. The molecule has 4 rings (SSSR count). The number of aromatic nitrogens is 2. The summed E-state index contributed by atoms with van der Waals surface area (Å²) in [5, 5.41) is 2.86. The maximum Gasteiger partial charge on any atom is 0.320 e. The zero-order valence-electron chi connectivity index (χ0n) is 16.1. The molecule has 0 atom stereocenters. The Kier molecular flexibility index (Phi) is 4.95. The number of amides is 3. The number of para-hydroxylation sites is 1. The van der Waals surface area contributed by atoms with Gasteiger partial charge in [-0.3, -0.25) is 14.7 Å². The number of nitrogens with one attached hydrogen (secondary N) is 1. The number of pyridine rings is 2. The van der Waals surface area contributed by atoms with E-state index in [-0.39, 0.29) is 5.91 Å². The number of aryl methyl sites for hydroxylation is 1. The Morgan fingerprint density at radius 3 is 2.62 bits per heavy atom. The lowest BCUT2D eigenvalue weighted by atomic mass is 9.98. The second-order valence-corrected chi connectivity index (χ2v) is 6.99. The van der Waals surface area contributed by atoms with Crippen LogP contribution >= 0.6 is 0 Å². The van der Waals surface area contributed by atoms with Crippen LogP contribution in [0.15, 0.2) is 55.0 Å². The molecule has 0 aliphatic carbocycles. The van der Waals surface area contributed by atoms with Crippen molar-refractivity contribution in [2.24, 2.45) is 5.73 Å². The number of urea groups is 1. The molecule has 7 nitrogen and oxygen atoms in total. The van der Waals surface area contributed by atoms with Crippen LogP contribution in [0.4, 0.5) is 16.3 Å². The molecule has 3 aromatic rings. The molecule has 0 unspecified atom stereocenters. The Morgan fingerprint density at radius 2 is 1.83 bits per heavy atom. The highest BCUT2D eigenvalue weighted by molar-refractivity contribution is 5.94.